The summed E-state index contributed by atoms with van der Waals surface area (Å²) in [6.45, 7) is 4.07. The third kappa shape index (κ3) is 3.32. The molecule has 3 rings (SSSR count). The molecule has 0 bridgehead atoms. The molecule has 24 heavy (non-hydrogen) atoms. The van der Waals surface area contributed by atoms with Crippen molar-refractivity contribution in [1.29, 1.82) is 0 Å². The van der Waals surface area contributed by atoms with E-state index in [1.54, 1.807) is 5.51 Å². The van der Waals surface area contributed by atoms with Gasteiger partial charge in [-0.2, -0.15) is 0 Å². The molecule has 7 heteroatoms. The van der Waals surface area contributed by atoms with E-state index in [0.717, 1.165) is 27.4 Å². The second-order valence-corrected chi connectivity index (χ2v) is 6.61. The summed E-state index contributed by atoms with van der Waals surface area (Å²) < 4.78 is 1.93. The molecule has 3 aromatic rings. The van der Waals surface area contributed by atoms with Gasteiger partial charge >= 0.3 is 0 Å². The van der Waals surface area contributed by atoms with Crippen molar-refractivity contribution >= 4 is 28.3 Å². The monoisotopic (exact) mass is 344 g/mol. The van der Waals surface area contributed by atoms with Gasteiger partial charge in [0, 0.05) is 12.6 Å². The fourth-order valence-electron chi connectivity index (χ4n) is 2.66. The minimum Gasteiger partial charge on any atom is -0.396 e. The number of aliphatic hydroxyl groups is 1. The highest BCUT2D eigenvalue weighted by molar-refractivity contribution is 7.13. The number of nitrogens with zero attached hydrogens (tertiary/aromatic N) is 3. The van der Waals surface area contributed by atoms with Crippen LogP contribution in [0.25, 0.3) is 21.7 Å². The number of rotatable bonds is 6. The molecule has 1 unspecified atom stereocenters. The lowest BCUT2D eigenvalue weighted by Crippen LogP contribution is -2.35. The van der Waals surface area contributed by atoms with Crippen LogP contribution in [-0.2, 0) is 11.3 Å². The van der Waals surface area contributed by atoms with E-state index in [9.17, 15) is 4.79 Å². The predicted octanol–water partition coefficient (Wildman–Crippen LogP) is 2.36. The number of imidazole rings is 1. The zero-order valence-electron chi connectivity index (χ0n) is 13.7. The largest absolute Gasteiger partial charge is 0.396 e. The van der Waals surface area contributed by atoms with E-state index < -0.39 is 0 Å². The normalized spacial score (nSPS) is 12.5. The van der Waals surface area contributed by atoms with Gasteiger partial charge in [0.2, 0.25) is 5.91 Å². The Morgan fingerprint density at radius 1 is 1.42 bits per heavy atom. The van der Waals surface area contributed by atoms with Crippen LogP contribution in [0.1, 0.15) is 19.0 Å². The summed E-state index contributed by atoms with van der Waals surface area (Å²) >= 11 is 1.52. The Labute approximate surface area is 144 Å². The molecule has 2 aromatic heterocycles. The molecular formula is C17H20N4O2S. The highest BCUT2D eigenvalue weighted by atomic mass is 32.1. The number of fused-ring (bicyclic) bond motifs is 1. The van der Waals surface area contributed by atoms with Gasteiger partial charge in [0.1, 0.15) is 6.54 Å². The van der Waals surface area contributed by atoms with Crippen LogP contribution < -0.4 is 5.32 Å². The first-order valence-corrected chi connectivity index (χ1v) is 8.74. The number of benzene rings is 1. The van der Waals surface area contributed by atoms with Gasteiger partial charge in [-0.15, -0.1) is 11.3 Å². The molecule has 2 heterocycles. The number of amides is 1. The summed E-state index contributed by atoms with van der Waals surface area (Å²) in [5.41, 5.74) is 4.48. The molecule has 0 saturated carbocycles. The van der Waals surface area contributed by atoms with Gasteiger partial charge in [-0.25, -0.2) is 9.97 Å². The summed E-state index contributed by atoms with van der Waals surface area (Å²) in [5.74, 6) is 0.670. The lowest BCUT2D eigenvalue weighted by Gasteiger charge is -2.14. The molecule has 0 aliphatic carbocycles. The molecule has 0 fully saturated rings. The predicted molar refractivity (Wildman–Crippen MR) is 94.9 cm³/mol. The van der Waals surface area contributed by atoms with E-state index in [1.807, 2.05) is 42.7 Å². The Morgan fingerprint density at radius 2 is 2.21 bits per heavy atom. The number of carbonyl (C=O) groups is 1. The van der Waals surface area contributed by atoms with Crippen LogP contribution >= 0.6 is 11.3 Å². The maximum atomic E-state index is 12.4. The quantitative estimate of drug-likeness (QED) is 0.719. The minimum atomic E-state index is -0.0949. The molecule has 126 valence electrons. The molecule has 0 saturated heterocycles. The maximum Gasteiger partial charge on any atom is 0.240 e. The van der Waals surface area contributed by atoms with Crippen molar-refractivity contribution in [1.82, 2.24) is 19.9 Å². The van der Waals surface area contributed by atoms with Crippen LogP contribution in [0.15, 0.2) is 29.8 Å². The van der Waals surface area contributed by atoms with Crippen LogP contribution in [0.3, 0.4) is 0 Å². The molecule has 1 aromatic carbocycles. The Bertz CT molecular complexity index is 855. The van der Waals surface area contributed by atoms with Gasteiger partial charge in [-0.3, -0.25) is 4.79 Å². The number of aryl methyl sites for hydroxylation is 1. The Morgan fingerprint density at radius 3 is 2.92 bits per heavy atom. The SMILES string of the molecule is Cc1ncsc1-c1nc2ccccc2n1CC(=O)NC(C)CCO. The molecule has 1 atom stereocenters. The molecule has 0 aliphatic rings. The lowest BCUT2D eigenvalue weighted by molar-refractivity contribution is -0.122. The first kappa shape index (κ1) is 16.6. The summed E-state index contributed by atoms with van der Waals surface area (Å²) in [4.78, 5) is 22.4. The number of aliphatic hydroxyl groups excluding tert-OH is 1. The average Bonchev–Trinajstić information content (AvgIpc) is 3.11. The number of carbonyl (C=O) groups excluding carboxylic acids is 1. The second-order valence-electron chi connectivity index (χ2n) is 5.76. The van der Waals surface area contributed by atoms with Gasteiger partial charge in [-0.05, 0) is 32.4 Å². The number of para-hydroxylation sites is 2. The minimum absolute atomic E-state index is 0.0563. The number of hydrogen-bond donors (Lipinski definition) is 2. The van der Waals surface area contributed by atoms with E-state index in [0.29, 0.717) is 6.42 Å². The van der Waals surface area contributed by atoms with Gasteiger partial charge in [0.15, 0.2) is 5.82 Å². The Balaban J connectivity index is 1.96. The fraction of sp³-hybridized carbons (Fsp3) is 0.353. The van der Waals surface area contributed by atoms with Crippen molar-refractivity contribution in [3.05, 3.63) is 35.5 Å². The lowest BCUT2D eigenvalue weighted by atomic mass is 10.2. The van der Waals surface area contributed by atoms with Crippen LogP contribution in [0.2, 0.25) is 0 Å². The number of nitrogens with one attached hydrogen (secondary N) is 1. The van der Waals surface area contributed by atoms with E-state index in [1.165, 1.54) is 11.3 Å². The molecule has 1 amide bonds. The van der Waals surface area contributed by atoms with Crippen molar-refractivity contribution in [2.75, 3.05) is 6.61 Å². The summed E-state index contributed by atoms with van der Waals surface area (Å²) in [6.07, 6.45) is 0.539. The Kier molecular flexibility index (Phi) is 4.92. The summed E-state index contributed by atoms with van der Waals surface area (Å²) in [7, 11) is 0. The number of hydrogen-bond acceptors (Lipinski definition) is 5. The molecule has 0 radical (unpaired) electrons. The average molecular weight is 344 g/mol. The van der Waals surface area contributed by atoms with E-state index >= 15 is 0 Å². The Hall–Kier alpha value is -2.25. The van der Waals surface area contributed by atoms with Crippen molar-refractivity contribution in [2.45, 2.75) is 32.9 Å². The number of aromatic nitrogens is 3. The molecule has 0 aliphatic heterocycles. The maximum absolute atomic E-state index is 12.4. The van der Waals surface area contributed by atoms with Crippen LogP contribution in [0, 0.1) is 6.92 Å². The molecule has 2 N–H and O–H groups in total. The van der Waals surface area contributed by atoms with Gasteiger partial charge in [0.05, 0.1) is 27.1 Å². The molecular weight excluding hydrogens is 324 g/mol. The van der Waals surface area contributed by atoms with Crippen LogP contribution in [-0.4, -0.2) is 38.2 Å². The van der Waals surface area contributed by atoms with Crippen molar-refractivity contribution in [3.8, 4) is 10.7 Å². The molecule has 6 nitrogen and oxygen atoms in total. The van der Waals surface area contributed by atoms with Crippen molar-refractivity contribution in [3.63, 3.8) is 0 Å². The first-order valence-electron chi connectivity index (χ1n) is 7.86. The fourth-order valence-corrected chi connectivity index (χ4v) is 3.46. The first-order chi connectivity index (χ1) is 11.6. The summed E-state index contributed by atoms with van der Waals surface area (Å²) in [5, 5.41) is 11.9. The van der Waals surface area contributed by atoms with Crippen LogP contribution in [0.5, 0.6) is 0 Å². The summed E-state index contributed by atoms with van der Waals surface area (Å²) in [6, 6.07) is 7.72. The van der Waals surface area contributed by atoms with Gasteiger partial charge in [0.25, 0.3) is 0 Å². The van der Waals surface area contributed by atoms with E-state index in [4.69, 9.17) is 10.1 Å². The number of thiazole rings is 1. The third-order valence-electron chi connectivity index (χ3n) is 3.87. The van der Waals surface area contributed by atoms with Crippen molar-refractivity contribution < 1.29 is 9.90 Å². The van der Waals surface area contributed by atoms with E-state index in [2.05, 4.69) is 10.3 Å². The zero-order valence-corrected chi connectivity index (χ0v) is 14.5. The van der Waals surface area contributed by atoms with Gasteiger partial charge < -0.3 is 15.0 Å². The van der Waals surface area contributed by atoms with Gasteiger partial charge in [-0.1, -0.05) is 12.1 Å². The smallest absolute Gasteiger partial charge is 0.240 e. The van der Waals surface area contributed by atoms with E-state index in [-0.39, 0.29) is 25.1 Å². The topological polar surface area (TPSA) is 80.0 Å². The highest BCUT2D eigenvalue weighted by Crippen LogP contribution is 2.29. The van der Waals surface area contributed by atoms with Crippen LogP contribution in [0.4, 0.5) is 0 Å². The second kappa shape index (κ2) is 7.11. The molecule has 0 spiro atoms. The third-order valence-corrected chi connectivity index (χ3v) is 4.80. The standard InChI is InChI=1S/C17H20N4O2S/c1-11(7-8-22)19-15(23)9-21-14-6-4-3-5-13(14)20-17(21)16-12(2)18-10-24-16/h3-6,10-11,22H,7-9H2,1-2H3,(H,19,23). The zero-order chi connectivity index (χ0) is 17.1. The van der Waals surface area contributed by atoms with Crippen molar-refractivity contribution in [2.24, 2.45) is 0 Å². The highest BCUT2D eigenvalue weighted by Gasteiger charge is 2.18.